The monoisotopic (exact) mass is 274 g/mol. The van der Waals surface area contributed by atoms with Gasteiger partial charge in [0, 0.05) is 26.6 Å². The predicted octanol–water partition coefficient (Wildman–Crippen LogP) is 0.161. The third-order valence-corrected chi connectivity index (χ3v) is 5.42. The lowest BCUT2D eigenvalue weighted by Gasteiger charge is -2.19. The van der Waals surface area contributed by atoms with E-state index in [4.69, 9.17) is 0 Å². The van der Waals surface area contributed by atoms with E-state index in [1.165, 1.54) is 0 Å². The molecule has 0 atom stereocenters. The summed E-state index contributed by atoms with van der Waals surface area (Å²) in [5.41, 5.74) is 0. The molecule has 6 nitrogen and oxygen atoms in total. The molecule has 0 saturated heterocycles. The molecule has 1 aromatic rings. The third-order valence-electron chi connectivity index (χ3n) is 2.81. The Morgan fingerprint density at radius 2 is 2.00 bits per heavy atom. The van der Waals surface area contributed by atoms with E-state index < -0.39 is 14.6 Å². The summed E-state index contributed by atoms with van der Waals surface area (Å²) in [6.07, 6.45) is 2.39. The summed E-state index contributed by atoms with van der Waals surface area (Å²) in [4.78, 5) is 0. The van der Waals surface area contributed by atoms with Gasteiger partial charge in [-0.3, -0.25) is 0 Å². The van der Waals surface area contributed by atoms with Crippen molar-refractivity contribution in [2.24, 2.45) is 7.05 Å². The first-order valence-corrected chi connectivity index (χ1v) is 7.65. The van der Waals surface area contributed by atoms with Crippen molar-refractivity contribution in [3.8, 4) is 0 Å². The Hall–Kier alpha value is -0.950. The van der Waals surface area contributed by atoms with Gasteiger partial charge in [0.15, 0.2) is 9.84 Å². The zero-order chi connectivity index (χ0) is 13.8. The molecule has 0 bridgehead atoms. The third kappa shape index (κ3) is 4.06. The molecule has 0 spiro atoms. The molecule has 1 heterocycles. The predicted molar refractivity (Wildman–Crippen MR) is 71.1 cm³/mol. The van der Waals surface area contributed by atoms with Crippen molar-refractivity contribution >= 4 is 9.84 Å². The highest BCUT2D eigenvalue weighted by Gasteiger charge is 2.27. The normalized spacial score (nSPS) is 12.9. The maximum absolute atomic E-state index is 11.8. The van der Waals surface area contributed by atoms with Crippen LogP contribution in [-0.2, 0) is 23.3 Å². The molecule has 18 heavy (non-hydrogen) atoms. The summed E-state index contributed by atoms with van der Waals surface area (Å²) in [5, 5.41) is 10.9. The number of hydrogen-bond acceptors (Lipinski definition) is 5. The van der Waals surface area contributed by atoms with Crippen molar-refractivity contribution in [3.63, 3.8) is 0 Å². The van der Waals surface area contributed by atoms with Gasteiger partial charge in [0.1, 0.15) is 12.2 Å². The van der Waals surface area contributed by atoms with E-state index in [1.54, 1.807) is 27.1 Å². The first-order valence-electron chi connectivity index (χ1n) is 6.00. The highest BCUT2D eigenvalue weighted by atomic mass is 32.2. The van der Waals surface area contributed by atoms with Crippen LogP contribution in [0.2, 0.25) is 0 Å². The number of nitrogens with zero attached hydrogens (tertiary/aromatic N) is 3. The molecule has 0 fully saturated rings. The number of rotatable bonds is 6. The van der Waals surface area contributed by atoms with Crippen LogP contribution in [0.15, 0.2) is 6.33 Å². The van der Waals surface area contributed by atoms with Gasteiger partial charge in [0.25, 0.3) is 0 Å². The fraction of sp³-hybridized carbons (Fsp3) is 0.818. The van der Waals surface area contributed by atoms with Crippen molar-refractivity contribution in [1.29, 1.82) is 0 Å². The lowest BCUT2D eigenvalue weighted by atomic mass is 10.3. The summed E-state index contributed by atoms with van der Waals surface area (Å²) in [6.45, 7) is 6.34. The highest BCUT2D eigenvalue weighted by Crippen LogP contribution is 2.15. The van der Waals surface area contributed by atoms with E-state index >= 15 is 0 Å². The second-order valence-corrected chi connectivity index (χ2v) is 8.15. The van der Waals surface area contributed by atoms with Crippen LogP contribution in [0.5, 0.6) is 0 Å². The van der Waals surface area contributed by atoms with Crippen LogP contribution >= 0.6 is 0 Å². The number of nitrogens with one attached hydrogen (secondary N) is 1. The fourth-order valence-electron chi connectivity index (χ4n) is 1.37. The van der Waals surface area contributed by atoms with Gasteiger partial charge >= 0.3 is 0 Å². The van der Waals surface area contributed by atoms with E-state index in [9.17, 15) is 8.42 Å². The van der Waals surface area contributed by atoms with Crippen LogP contribution in [0.1, 0.15) is 26.6 Å². The van der Waals surface area contributed by atoms with Crippen LogP contribution in [0.3, 0.4) is 0 Å². The molecule has 0 aliphatic carbocycles. The summed E-state index contributed by atoms with van der Waals surface area (Å²) in [5.74, 6) is 1.05. The Kier molecular flexibility index (Phi) is 4.86. The van der Waals surface area contributed by atoms with Gasteiger partial charge in [-0.05, 0) is 20.8 Å². The Labute approximate surface area is 109 Å². The largest absolute Gasteiger partial charge is 0.321 e. The Bertz CT molecular complexity index is 473. The molecule has 7 heteroatoms. The van der Waals surface area contributed by atoms with Gasteiger partial charge < -0.3 is 9.88 Å². The Balaban J connectivity index is 2.26. The van der Waals surface area contributed by atoms with Gasteiger partial charge in [-0.15, -0.1) is 10.2 Å². The summed E-state index contributed by atoms with van der Waals surface area (Å²) in [6, 6.07) is 0. The van der Waals surface area contributed by atoms with Crippen molar-refractivity contribution in [3.05, 3.63) is 12.2 Å². The lowest BCUT2D eigenvalue weighted by Crippen LogP contribution is -2.35. The Morgan fingerprint density at radius 1 is 1.33 bits per heavy atom. The molecule has 1 aromatic heterocycles. The Morgan fingerprint density at radius 3 is 2.50 bits per heavy atom. The second kappa shape index (κ2) is 5.79. The average molecular weight is 274 g/mol. The maximum atomic E-state index is 11.8. The van der Waals surface area contributed by atoms with Crippen molar-refractivity contribution < 1.29 is 8.42 Å². The number of aromatic nitrogens is 3. The first kappa shape index (κ1) is 15.1. The van der Waals surface area contributed by atoms with E-state index in [-0.39, 0.29) is 5.75 Å². The van der Waals surface area contributed by atoms with E-state index in [1.807, 2.05) is 11.6 Å². The molecule has 0 unspecified atom stereocenters. The van der Waals surface area contributed by atoms with Crippen LogP contribution in [0, 0.1) is 0 Å². The minimum Gasteiger partial charge on any atom is -0.321 e. The summed E-state index contributed by atoms with van der Waals surface area (Å²) >= 11 is 0. The molecule has 0 aliphatic heterocycles. The van der Waals surface area contributed by atoms with Crippen molar-refractivity contribution in [2.45, 2.75) is 31.9 Å². The topological polar surface area (TPSA) is 76.9 Å². The molecule has 0 radical (unpaired) electrons. The second-order valence-electron chi connectivity index (χ2n) is 5.29. The van der Waals surface area contributed by atoms with E-state index in [2.05, 4.69) is 15.5 Å². The molecule has 0 aliphatic rings. The van der Waals surface area contributed by atoms with Gasteiger partial charge in [0.05, 0.1) is 10.5 Å². The number of hydrogen-bond donors (Lipinski definition) is 1. The molecular formula is C11H22N4O2S. The molecule has 1 N–H and O–H groups in total. The van der Waals surface area contributed by atoms with Gasteiger partial charge in [-0.2, -0.15) is 0 Å². The van der Waals surface area contributed by atoms with Gasteiger partial charge in [-0.25, -0.2) is 8.42 Å². The van der Waals surface area contributed by atoms with Crippen LogP contribution in [-0.4, -0.2) is 46.8 Å². The maximum Gasteiger partial charge on any atom is 0.156 e. The highest BCUT2D eigenvalue weighted by molar-refractivity contribution is 7.92. The average Bonchev–Trinajstić information content (AvgIpc) is 2.62. The zero-order valence-electron chi connectivity index (χ0n) is 11.5. The van der Waals surface area contributed by atoms with Crippen LogP contribution in [0.25, 0.3) is 0 Å². The summed E-state index contributed by atoms with van der Waals surface area (Å²) < 4.78 is 24.8. The molecule has 1 rings (SSSR count). The number of aryl methyl sites for hydroxylation is 1. The SMILES string of the molecule is Cn1cnnc1CCNCCS(=O)(=O)C(C)(C)C. The molecule has 0 amide bonds. The quantitative estimate of drug-likeness (QED) is 0.748. The van der Waals surface area contributed by atoms with Crippen LogP contribution < -0.4 is 5.32 Å². The fourth-order valence-corrected chi connectivity index (χ4v) is 2.40. The molecular weight excluding hydrogens is 252 g/mol. The molecule has 104 valence electrons. The first-order chi connectivity index (χ1) is 8.24. The smallest absolute Gasteiger partial charge is 0.156 e. The number of sulfone groups is 1. The minimum absolute atomic E-state index is 0.162. The molecule has 0 saturated carbocycles. The van der Waals surface area contributed by atoms with Gasteiger partial charge in [0.2, 0.25) is 0 Å². The zero-order valence-corrected chi connectivity index (χ0v) is 12.3. The minimum atomic E-state index is -3.04. The van der Waals surface area contributed by atoms with Crippen molar-refractivity contribution in [1.82, 2.24) is 20.1 Å². The van der Waals surface area contributed by atoms with Crippen molar-refractivity contribution in [2.75, 3.05) is 18.8 Å². The van der Waals surface area contributed by atoms with Crippen LogP contribution in [0.4, 0.5) is 0 Å². The molecule has 0 aromatic carbocycles. The standard InChI is InChI=1S/C11H22N4O2S/c1-11(2,3)18(16,17)8-7-12-6-5-10-14-13-9-15(10)4/h9,12H,5-8H2,1-4H3. The van der Waals surface area contributed by atoms with Gasteiger partial charge in [-0.1, -0.05) is 0 Å². The lowest BCUT2D eigenvalue weighted by molar-refractivity contribution is 0.555. The summed E-state index contributed by atoms with van der Waals surface area (Å²) in [7, 11) is -1.15. The van der Waals surface area contributed by atoms with E-state index in [0.717, 1.165) is 12.2 Å². The van der Waals surface area contributed by atoms with E-state index in [0.29, 0.717) is 13.1 Å².